The predicted molar refractivity (Wildman–Crippen MR) is 74.0 cm³/mol. The normalized spacial score (nSPS) is 12.8. The quantitative estimate of drug-likeness (QED) is 0.578. The number of rotatable bonds is 10. The maximum Gasteiger partial charge on any atom is 0.224 e. The summed E-state index contributed by atoms with van der Waals surface area (Å²) in [5.74, 6) is 1.06. The van der Waals surface area contributed by atoms with E-state index in [-0.39, 0.29) is 11.8 Å². The van der Waals surface area contributed by atoms with Gasteiger partial charge >= 0.3 is 0 Å². The number of carbonyl (C=O) groups is 1. The van der Waals surface area contributed by atoms with Crippen molar-refractivity contribution in [1.29, 1.82) is 0 Å². The van der Waals surface area contributed by atoms with Crippen molar-refractivity contribution in [2.24, 2.45) is 11.8 Å². The van der Waals surface area contributed by atoms with Gasteiger partial charge in [0, 0.05) is 19.0 Å². The van der Waals surface area contributed by atoms with Crippen LogP contribution in [0, 0.1) is 11.8 Å². The summed E-state index contributed by atoms with van der Waals surface area (Å²) >= 11 is 0. The number of hydrogen-bond donors (Lipinski definition) is 2. The van der Waals surface area contributed by atoms with Gasteiger partial charge in [0.2, 0.25) is 5.91 Å². The van der Waals surface area contributed by atoms with Crippen molar-refractivity contribution < 1.29 is 4.79 Å². The summed E-state index contributed by atoms with van der Waals surface area (Å²) in [4.78, 5) is 11.6. The molecule has 0 saturated heterocycles. The minimum Gasteiger partial charge on any atom is -0.356 e. The Morgan fingerprint density at radius 2 is 1.71 bits per heavy atom. The lowest BCUT2D eigenvalue weighted by atomic mass is 10.0. The van der Waals surface area contributed by atoms with Crippen molar-refractivity contribution in [1.82, 2.24) is 10.6 Å². The molecule has 3 heteroatoms. The largest absolute Gasteiger partial charge is 0.356 e. The molecule has 3 nitrogen and oxygen atoms in total. The van der Waals surface area contributed by atoms with Crippen LogP contribution in [0.25, 0.3) is 0 Å². The molecule has 2 N–H and O–H groups in total. The van der Waals surface area contributed by atoms with Crippen LogP contribution in [0.4, 0.5) is 0 Å². The van der Waals surface area contributed by atoms with Crippen LogP contribution in [-0.2, 0) is 4.79 Å². The molecule has 102 valence electrons. The van der Waals surface area contributed by atoms with E-state index in [4.69, 9.17) is 0 Å². The van der Waals surface area contributed by atoms with E-state index in [1.807, 2.05) is 14.0 Å². The molecular weight excluding hydrogens is 212 g/mol. The summed E-state index contributed by atoms with van der Waals surface area (Å²) in [6, 6.07) is 0. The zero-order valence-corrected chi connectivity index (χ0v) is 12.0. The average Bonchev–Trinajstić information content (AvgIpc) is 2.27. The maximum absolute atomic E-state index is 11.6. The van der Waals surface area contributed by atoms with Crippen molar-refractivity contribution in [3.8, 4) is 0 Å². The minimum absolute atomic E-state index is 0.0703. The summed E-state index contributed by atoms with van der Waals surface area (Å²) in [5, 5.41) is 6.00. The van der Waals surface area contributed by atoms with E-state index < -0.39 is 0 Å². The molecule has 1 atom stereocenters. The second kappa shape index (κ2) is 10.6. The third-order valence-corrected chi connectivity index (χ3v) is 2.97. The van der Waals surface area contributed by atoms with E-state index in [0.29, 0.717) is 0 Å². The fourth-order valence-electron chi connectivity index (χ4n) is 1.82. The monoisotopic (exact) mass is 242 g/mol. The molecule has 0 aromatic heterocycles. The first kappa shape index (κ1) is 16.4. The molecule has 0 saturated carbocycles. The molecule has 1 unspecified atom stereocenters. The second-order valence-electron chi connectivity index (χ2n) is 5.35. The lowest BCUT2D eigenvalue weighted by Crippen LogP contribution is -2.34. The number of carbonyl (C=O) groups excluding carboxylic acids is 1. The molecule has 0 fully saturated rings. The zero-order chi connectivity index (χ0) is 13.1. The Hall–Kier alpha value is -0.570. The lowest BCUT2D eigenvalue weighted by molar-refractivity contribution is -0.124. The van der Waals surface area contributed by atoms with Crippen LogP contribution in [0.15, 0.2) is 0 Å². The molecule has 17 heavy (non-hydrogen) atoms. The highest BCUT2D eigenvalue weighted by Crippen LogP contribution is 2.08. The van der Waals surface area contributed by atoms with E-state index in [9.17, 15) is 4.79 Å². The van der Waals surface area contributed by atoms with Crippen molar-refractivity contribution in [2.75, 3.05) is 20.1 Å². The van der Waals surface area contributed by atoms with Crippen LogP contribution >= 0.6 is 0 Å². The fourth-order valence-corrected chi connectivity index (χ4v) is 1.82. The van der Waals surface area contributed by atoms with Crippen molar-refractivity contribution in [3.05, 3.63) is 0 Å². The molecule has 0 aliphatic rings. The molecule has 0 rings (SSSR count). The lowest BCUT2D eigenvalue weighted by Gasteiger charge is -2.11. The van der Waals surface area contributed by atoms with E-state index in [0.717, 1.165) is 25.4 Å². The third kappa shape index (κ3) is 10.3. The van der Waals surface area contributed by atoms with Crippen molar-refractivity contribution in [2.45, 2.75) is 52.9 Å². The molecule has 0 bridgehead atoms. The number of hydrogen-bond acceptors (Lipinski definition) is 2. The minimum atomic E-state index is 0.0703. The number of unbranched alkanes of at least 4 members (excludes halogenated alkanes) is 3. The Morgan fingerprint density at radius 3 is 2.29 bits per heavy atom. The molecule has 1 amide bonds. The van der Waals surface area contributed by atoms with Gasteiger partial charge in [-0.15, -0.1) is 0 Å². The Bertz CT molecular complexity index is 193. The van der Waals surface area contributed by atoms with Gasteiger partial charge in [-0.1, -0.05) is 46.5 Å². The molecule has 0 heterocycles. The van der Waals surface area contributed by atoms with Crippen LogP contribution in [0.1, 0.15) is 52.9 Å². The smallest absolute Gasteiger partial charge is 0.224 e. The van der Waals surface area contributed by atoms with Gasteiger partial charge in [-0.25, -0.2) is 0 Å². The highest BCUT2D eigenvalue weighted by molar-refractivity contribution is 5.78. The molecule has 0 radical (unpaired) electrons. The molecule has 0 aliphatic carbocycles. The molecule has 0 aliphatic heterocycles. The summed E-state index contributed by atoms with van der Waals surface area (Å²) in [5.41, 5.74) is 0. The second-order valence-corrected chi connectivity index (χ2v) is 5.35. The van der Waals surface area contributed by atoms with Crippen LogP contribution < -0.4 is 10.6 Å². The molecule has 0 aromatic rings. The first-order valence-corrected chi connectivity index (χ1v) is 7.00. The van der Waals surface area contributed by atoms with E-state index in [1.165, 1.54) is 25.7 Å². The first-order valence-electron chi connectivity index (χ1n) is 7.00. The molecule has 0 spiro atoms. The average molecular weight is 242 g/mol. The predicted octanol–water partition coefficient (Wildman–Crippen LogP) is 2.56. The van der Waals surface area contributed by atoms with E-state index in [1.54, 1.807) is 0 Å². The summed E-state index contributed by atoms with van der Waals surface area (Å²) in [7, 11) is 1.87. The van der Waals surface area contributed by atoms with Crippen molar-refractivity contribution >= 4 is 5.91 Å². The SMILES string of the molecule is CNCC(C)C(=O)NCCCCCCC(C)C. The van der Waals surface area contributed by atoms with Gasteiger partial charge in [0.05, 0.1) is 0 Å². The van der Waals surface area contributed by atoms with Gasteiger partial charge in [-0.05, 0) is 19.4 Å². The van der Waals surface area contributed by atoms with Gasteiger partial charge in [0.15, 0.2) is 0 Å². The zero-order valence-electron chi connectivity index (χ0n) is 12.0. The van der Waals surface area contributed by atoms with Gasteiger partial charge in [0.1, 0.15) is 0 Å². The summed E-state index contributed by atoms with van der Waals surface area (Å²) in [6.07, 6.45) is 6.27. The first-order chi connectivity index (χ1) is 8.07. The summed E-state index contributed by atoms with van der Waals surface area (Å²) < 4.78 is 0. The van der Waals surface area contributed by atoms with Gasteiger partial charge < -0.3 is 10.6 Å². The Balaban J connectivity index is 3.30. The van der Waals surface area contributed by atoms with Crippen LogP contribution in [0.5, 0.6) is 0 Å². The maximum atomic E-state index is 11.6. The standard InChI is InChI=1S/C14H30N2O/c1-12(2)9-7-5-6-8-10-16-14(17)13(3)11-15-4/h12-13,15H,5-11H2,1-4H3,(H,16,17). The fraction of sp³-hybridized carbons (Fsp3) is 0.929. The molecule has 0 aromatic carbocycles. The highest BCUT2D eigenvalue weighted by atomic mass is 16.1. The Labute approximate surface area is 107 Å². The number of amides is 1. The van der Waals surface area contributed by atoms with Gasteiger partial charge in [-0.3, -0.25) is 4.79 Å². The van der Waals surface area contributed by atoms with Gasteiger partial charge in [-0.2, -0.15) is 0 Å². The van der Waals surface area contributed by atoms with Crippen LogP contribution in [0.3, 0.4) is 0 Å². The molecular formula is C14H30N2O. The van der Waals surface area contributed by atoms with Crippen LogP contribution in [0.2, 0.25) is 0 Å². The van der Waals surface area contributed by atoms with Crippen molar-refractivity contribution in [3.63, 3.8) is 0 Å². The van der Waals surface area contributed by atoms with Crippen LogP contribution in [-0.4, -0.2) is 26.0 Å². The van der Waals surface area contributed by atoms with Gasteiger partial charge in [0.25, 0.3) is 0 Å². The third-order valence-electron chi connectivity index (χ3n) is 2.97. The highest BCUT2D eigenvalue weighted by Gasteiger charge is 2.10. The number of nitrogens with one attached hydrogen (secondary N) is 2. The Kier molecular flexibility index (Phi) is 10.2. The Morgan fingerprint density at radius 1 is 1.06 bits per heavy atom. The van der Waals surface area contributed by atoms with E-state index >= 15 is 0 Å². The topological polar surface area (TPSA) is 41.1 Å². The van der Waals surface area contributed by atoms with E-state index in [2.05, 4.69) is 24.5 Å². The summed E-state index contributed by atoms with van der Waals surface area (Å²) in [6.45, 7) is 8.07.